The summed E-state index contributed by atoms with van der Waals surface area (Å²) in [5.41, 5.74) is 0.152. The Morgan fingerprint density at radius 1 is 1.17 bits per heavy atom. The number of fused-ring (bicyclic) bond motifs is 1. The smallest absolute Gasteiger partial charge is 0.310 e. The summed E-state index contributed by atoms with van der Waals surface area (Å²) in [6.07, 6.45) is 7.96. The summed E-state index contributed by atoms with van der Waals surface area (Å²) in [4.78, 5) is 30.0. The van der Waals surface area contributed by atoms with Crippen molar-refractivity contribution in [2.24, 2.45) is 5.92 Å². The second kappa shape index (κ2) is 9.13. The number of thiazole rings is 1. The molecule has 2 aliphatic rings. The molecule has 4 rings (SSSR count). The fourth-order valence-corrected chi connectivity index (χ4v) is 5.89. The van der Waals surface area contributed by atoms with E-state index in [2.05, 4.69) is 11.4 Å². The fraction of sp³-hybridized carbons (Fsp3) is 0.565. The molecular formula is C23H27N3O3S. The standard InChI is InChI=1S/C23H27N3O3S/c24-15-23(12-6-1-7-13-23)26-20(27)14-29-22(28)17-9-3-2-8-16(17)21-25-18-10-4-5-11-19(18)30-21/h4-5,10-11,16-17H,1-3,6-9,12-14H2,(H,26,27)/t16-,17-/m0/s1. The van der Waals surface area contributed by atoms with Crippen LogP contribution < -0.4 is 5.32 Å². The Morgan fingerprint density at radius 3 is 2.70 bits per heavy atom. The van der Waals surface area contributed by atoms with Gasteiger partial charge in [0.25, 0.3) is 5.91 Å². The maximum atomic E-state index is 12.9. The molecule has 158 valence electrons. The monoisotopic (exact) mass is 425 g/mol. The van der Waals surface area contributed by atoms with Gasteiger partial charge in [-0.2, -0.15) is 5.26 Å². The molecule has 1 N–H and O–H groups in total. The lowest BCUT2D eigenvalue weighted by Gasteiger charge is -2.31. The molecule has 0 bridgehead atoms. The van der Waals surface area contributed by atoms with E-state index in [1.54, 1.807) is 11.3 Å². The van der Waals surface area contributed by atoms with Crippen LogP contribution in [0.25, 0.3) is 10.2 Å². The SMILES string of the molecule is N#CC1(NC(=O)COC(=O)[C@H]2CCCC[C@@H]2c2nc3ccccc3s2)CCCCC1. The summed E-state index contributed by atoms with van der Waals surface area (Å²) in [6, 6.07) is 10.3. The number of carbonyl (C=O) groups is 2. The fourth-order valence-electron chi connectivity index (χ4n) is 4.72. The Labute approximate surface area is 180 Å². The van der Waals surface area contributed by atoms with Gasteiger partial charge in [0, 0.05) is 5.92 Å². The molecule has 2 fully saturated rings. The molecule has 2 atom stereocenters. The molecule has 6 nitrogen and oxygen atoms in total. The molecule has 0 unspecified atom stereocenters. The highest BCUT2D eigenvalue weighted by Gasteiger charge is 2.37. The number of para-hydroxylation sites is 1. The highest BCUT2D eigenvalue weighted by atomic mass is 32.1. The van der Waals surface area contributed by atoms with Gasteiger partial charge in [-0.15, -0.1) is 11.3 Å². The zero-order valence-corrected chi connectivity index (χ0v) is 17.9. The van der Waals surface area contributed by atoms with Gasteiger partial charge in [-0.3, -0.25) is 9.59 Å². The lowest BCUT2D eigenvalue weighted by atomic mass is 9.79. The van der Waals surface area contributed by atoms with Crippen molar-refractivity contribution in [2.45, 2.75) is 69.2 Å². The lowest BCUT2D eigenvalue weighted by Crippen LogP contribution is -2.50. The van der Waals surface area contributed by atoms with Gasteiger partial charge < -0.3 is 10.1 Å². The summed E-state index contributed by atoms with van der Waals surface area (Å²) in [7, 11) is 0. The van der Waals surface area contributed by atoms with Crippen molar-refractivity contribution in [3.63, 3.8) is 0 Å². The van der Waals surface area contributed by atoms with Gasteiger partial charge in [0.2, 0.25) is 0 Å². The van der Waals surface area contributed by atoms with E-state index in [4.69, 9.17) is 9.72 Å². The molecule has 2 aromatic rings. The average molecular weight is 426 g/mol. The number of amides is 1. The molecule has 1 heterocycles. The third-order valence-electron chi connectivity index (χ3n) is 6.34. The van der Waals surface area contributed by atoms with Gasteiger partial charge in [-0.25, -0.2) is 4.98 Å². The van der Waals surface area contributed by atoms with Gasteiger partial charge in [0.15, 0.2) is 6.61 Å². The Hall–Kier alpha value is -2.46. The van der Waals surface area contributed by atoms with E-state index in [-0.39, 0.29) is 30.3 Å². The number of esters is 1. The normalized spacial score (nSPS) is 23.4. The second-order valence-electron chi connectivity index (χ2n) is 8.43. The van der Waals surface area contributed by atoms with Crippen LogP contribution in [-0.2, 0) is 14.3 Å². The quantitative estimate of drug-likeness (QED) is 0.714. The Kier molecular flexibility index (Phi) is 6.33. The van der Waals surface area contributed by atoms with E-state index >= 15 is 0 Å². The molecule has 0 aliphatic heterocycles. The van der Waals surface area contributed by atoms with Crippen molar-refractivity contribution < 1.29 is 14.3 Å². The highest BCUT2D eigenvalue weighted by Crippen LogP contribution is 2.41. The van der Waals surface area contributed by atoms with E-state index in [1.807, 2.05) is 24.3 Å². The number of nitrogens with zero attached hydrogens (tertiary/aromatic N) is 2. The van der Waals surface area contributed by atoms with E-state index in [1.165, 1.54) is 0 Å². The molecule has 7 heteroatoms. The van der Waals surface area contributed by atoms with Crippen molar-refractivity contribution in [3.05, 3.63) is 29.3 Å². The largest absolute Gasteiger partial charge is 0.455 e. The van der Waals surface area contributed by atoms with E-state index in [9.17, 15) is 14.9 Å². The molecular weight excluding hydrogens is 398 g/mol. The third-order valence-corrected chi connectivity index (χ3v) is 7.51. The summed E-state index contributed by atoms with van der Waals surface area (Å²) in [6.45, 7) is -0.328. The number of aromatic nitrogens is 1. The molecule has 2 aliphatic carbocycles. The number of hydrogen-bond acceptors (Lipinski definition) is 6. The average Bonchev–Trinajstić information content (AvgIpc) is 3.22. The van der Waals surface area contributed by atoms with E-state index in [0.29, 0.717) is 12.8 Å². The first-order chi connectivity index (χ1) is 14.6. The molecule has 1 amide bonds. The van der Waals surface area contributed by atoms with Crippen LogP contribution in [0.3, 0.4) is 0 Å². The van der Waals surface area contributed by atoms with Crippen LogP contribution in [-0.4, -0.2) is 29.0 Å². The number of hydrogen-bond donors (Lipinski definition) is 1. The van der Waals surface area contributed by atoms with Crippen molar-refractivity contribution in [1.29, 1.82) is 5.26 Å². The maximum Gasteiger partial charge on any atom is 0.310 e. The zero-order valence-electron chi connectivity index (χ0n) is 17.1. The predicted octanol–water partition coefficient (Wildman–Crippen LogP) is 4.46. The predicted molar refractivity (Wildman–Crippen MR) is 115 cm³/mol. The number of nitriles is 1. The summed E-state index contributed by atoms with van der Waals surface area (Å²) < 4.78 is 6.54. The van der Waals surface area contributed by atoms with Crippen molar-refractivity contribution in [3.8, 4) is 6.07 Å². The Balaban J connectivity index is 1.38. The number of ether oxygens (including phenoxy) is 1. The highest BCUT2D eigenvalue weighted by molar-refractivity contribution is 7.18. The van der Waals surface area contributed by atoms with Gasteiger partial charge in [-0.05, 0) is 37.8 Å². The molecule has 1 aromatic carbocycles. The zero-order chi connectivity index (χ0) is 21.0. The van der Waals surface area contributed by atoms with Crippen LogP contribution in [0.2, 0.25) is 0 Å². The van der Waals surface area contributed by atoms with Crippen LogP contribution in [0.5, 0.6) is 0 Å². The minimum atomic E-state index is -0.809. The summed E-state index contributed by atoms with van der Waals surface area (Å²) in [5, 5.41) is 13.3. The molecule has 0 spiro atoms. The first-order valence-electron chi connectivity index (χ1n) is 10.8. The molecule has 30 heavy (non-hydrogen) atoms. The van der Waals surface area contributed by atoms with Crippen LogP contribution in [0.1, 0.15) is 68.7 Å². The van der Waals surface area contributed by atoms with Crippen molar-refractivity contribution in [1.82, 2.24) is 10.3 Å². The van der Waals surface area contributed by atoms with E-state index in [0.717, 1.165) is 60.2 Å². The minimum absolute atomic E-state index is 0.0375. The lowest BCUT2D eigenvalue weighted by molar-refractivity contribution is -0.154. The minimum Gasteiger partial charge on any atom is -0.455 e. The van der Waals surface area contributed by atoms with Gasteiger partial charge in [0.1, 0.15) is 5.54 Å². The van der Waals surface area contributed by atoms with E-state index < -0.39 is 5.54 Å². The molecule has 0 radical (unpaired) electrons. The van der Waals surface area contributed by atoms with Crippen molar-refractivity contribution in [2.75, 3.05) is 6.61 Å². The Bertz CT molecular complexity index is 925. The van der Waals surface area contributed by atoms with Gasteiger partial charge >= 0.3 is 5.97 Å². The van der Waals surface area contributed by atoms with Crippen LogP contribution in [0.15, 0.2) is 24.3 Å². The van der Waals surface area contributed by atoms with Crippen molar-refractivity contribution >= 4 is 33.4 Å². The Morgan fingerprint density at radius 2 is 1.93 bits per heavy atom. The molecule has 0 saturated heterocycles. The van der Waals surface area contributed by atoms with Crippen LogP contribution in [0, 0.1) is 17.2 Å². The molecule has 1 aromatic heterocycles. The maximum absolute atomic E-state index is 12.9. The second-order valence-corrected chi connectivity index (χ2v) is 9.49. The summed E-state index contributed by atoms with van der Waals surface area (Å²) >= 11 is 1.64. The molecule has 2 saturated carbocycles. The van der Waals surface area contributed by atoms with Gasteiger partial charge in [0.05, 0.1) is 27.2 Å². The van der Waals surface area contributed by atoms with Gasteiger partial charge in [-0.1, -0.05) is 44.2 Å². The number of nitrogens with one attached hydrogen (secondary N) is 1. The van der Waals surface area contributed by atoms with Crippen LogP contribution >= 0.6 is 11.3 Å². The topological polar surface area (TPSA) is 92.1 Å². The first-order valence-corrected chi connectivity index (χ1v) is 11.7. The number of carbonyl (C=O) groups excluding carboxylic acids is 2. The first kappa shape index (κ1) is 20.8. The third kappa shape index (κ3) is 4.49. The number of benzene rings is 1. The number of rotatable bonds is 5. The van der Waals surface area contributed by atoms with Crippen LogP contribution in [0.4, 0.5) is 0 Å². The summed E-state index contributed by atoms with van der Waals surface area (Å²) in [5.74, 6) is -0.954.